The highest BCUT2D eigenvalue weighted by Crippen LogP contribution is 2.26. The standard InChI is InChI=1S/C17H17N5O2/c1-10(23)20-7-11-2-4-12(5-3-11)13-6-15-16(18)14(17(19)24)8-21-22(15)9-13/h2-6,8-9H,7,18H2,1H3,(H2,19,24)(H,20,23). The number of anilines is 1. The van der Waals surface area contributed by atoms with Gasteiger partial charge in [-0.05, 0) is 17.2 Å². The third-order valence-corrected chi connectivity index (χ3v) is 3.77. The highest BCUT2D eigenvalue weighted by atomic mass is 16.1. The zero-order valence-electron chi connectivity index (χ0n) is 13.1. The fraction of sp³-hybridized carbons (Fsp3) is 0.118. The average Bonchev–Trinajstić information content (AvgIpc) is 2.98. The zero-order valence-corrected chi connectivity index (χ0v) is 13.1. The highest BCUT2D eigenvalue weighted by Gasteiger charge is 2.12. The van der Waals surface area contributed by atoms with Gasteiger partial charge in [0.2, 0.25) is 5.91 Å². The molecule has 0 unspecified atom stereocenters. The summed E-state index contributed by atoms with van der Waals surface area (Å²) in [5.41, 5.74) is 15.3. The third kappa shape index (κ3) is 2.91. The maximum Gasteiger partial charge on any atom is 0.252 e. The first-order valence-corrected chi connectivity index (χ1v) is 7.36. The van der Waals surface area contributed by atoms with Gasteiger partial charge in [-0.2, -0.15) is 5.10 Å². The van der Waals surface area contributed by atoms with E-state index in [0.717, 1.165) is 16.7 Å². The normalized spacial score (nSPS) is 10.7. The van der Waals surface area contributed by atoms with Gasteiger partial charge < -0.3 is 16.8 Å². The number of nitrogens with two attached hydrogens (primary N) is 2. The van der Waals surface area contributed by atoms with Crippen LogP contribution in [0.2, 0.25) is 0 Å². The highest BCUT2D eigenvalue weighted by molar-refractivity contribution is 6.01. The van der Waals surface area contributed by atoms with Crippen LogP contribution in [-0.4, -0.2) is 21.4 Å². The van der Waals surface area contributed by atoms with Crippen molar-refractivity contribution in [2.75, 3.05) is 5.73 Å². The molecule has 0 bridgehead atoms. The molecule has 122 valence electrons. The minimum absolute atomic E-state index is 0.0652. The Morgan fingerprint density at radius 1 is 1.21 bits per heavy atom. The molecule has 0 aliphatic rings. The summed E-state index contributed by atoms with van der Waals surface area (Å²) in [6.45, 7) is 1.97. The van der Waals surface area contributed by atoms with Crippen molar-refractivity contribution in [1.29, 1.82) is 0 Å². The van der Waals surface area contributed by atoms with Crippen molar-refractivity contribution >= 4 is 23.0 Å². The lowest BCUT2D eigenvalue weighted by Gasteiger charge is -2.03. The zero-order chi connectivity index (χ0) is 17.3. The molecule has 24 heavy (non-hydrogen) atoms. The third-order valence-electron chi connectivity index (χ3n) is 3.77. The molecule has 0 aliphatic heterocycles. The van der Waals surface area contributed by atoms with E-state index in [2.05, 4.69) is 10.4 Å². The van der Waals surface area contributed by atoms with Crippen molar-refractivity contribution < 1.29 is 9.59 Å². The number of nitrogen functional groups attached to an aromatic ring is 1. The summed E-state index contributed by atoms with van der Waals surface area (Å²) >= 11 is 0. The molecular weight excluding hydrogens is 306 g/mol. The summed E-state index contributed by atoms with van der Waals surface area (Å²) in [6, 6.07) is 9.66. The first kappa shape index (κ1) is 15.5. The lowest BCUT2D eigenvalue weighted by Crippen LogP contribution is -2.18. The Hall–Kier alpha value is -3.35. The molecular formula is C17H17N5O2. The van der Waals surface area contributed by atoms with Crippen LogP contribution in [-0.2, 0) is 11.3 Å². The van der Waals surface area contributed by atoms with Gasteiger partial charge in [-0.1, -0.05) is 24.3 Å². The number of nitrogens with one attached hydrogen (secondary N) is 1. The predicted molar refractivity (Wildman–Crippen MR) is 91.1 cm³/mol. The van der Waals surface area contributed by atoms with Gasteiger partial charge in [0.25, 0.3) is 5.91 Å². The molecule has 0 radical (unpaired) electrons. The Balaban J connectivity index is 1.93. The number of rotatable bonds is 4. The number of amides is 2. The number of carbonyl (C=O) groups is 2. The van der Waals surface area contributed by atoms with Crippen LogP contribution in [0.4, 0.5) is 5.69 Å². The van der Waals surface area contributed by atoms with Gasteiger partial charge in [-0.3, -0.25) is 9.59 Å². The minimum atomic E-state index is -0.604. The number of hydrogen-bond acceptors (Lipinski definition) is 4. The SMILES string of the molecule is CC(=O)NCc1ccc(-c2cc3c(N)c(C(N)=O)cnn3c2)cc1. The van der Waals surface area contributed by atoms with E-state index in [-0.39, 0.29) is 11.5 Å². The number of benzene rings is 1. The number of carbonyl (C=O) groups excluding carboxylic acids is 2. The molecule has 0 spiro atoms. The number of hydrogen-bond donors (Lipinski definition) is 3. The van der Waals surface area contributed by atoms with E-state index in [1.54, 1.807) is 4.52 Å². The number of primary amides is 1. The Bertz CT molecular complexity index is 928. The maximum atomic E-state index is 11.4. The molecule has 3 aromatic rings. The maximum absolute atomic E-state index is 11.4. The van der Waals surface area contributed by atoms with Crippen molar-refractivity contribution in [2.24, 2.45) is 5.73 Å². The fourth-order valence-electron chi connectivity index (χ4n) is 2.47. The second-order valence-electron chi connectivity index (χ2n) is 5.50. The Kier molecular flexibility index (Phi) is 3.91. The van der Waals surface area contributed by atoms with Gasteiger partial charge in [-0.15, -0.1) is 0 Å². The summed E-state index contributed by atoms with van der Waals surface area (Å²) in [6.07, 6.45) is 3.20. The molecule has 7 nitrogen and oxygen atoms in total. The van der Waals surface area contributed by atoms with Crippen LogP contribution in [0.3, 0.4) is 0 Å². The van der Waals surface area contributed by atoms with E-state index in [0.29, 0.717) is 17.7 Å². The lowest BCUT2D eigenvalue weighted by atomic mass is 10.1. The van der Waals surface area contributed by atoms with Crippen molar-refractivity contribution in [3.8, 4) is 11.1 Å². The van der Waals surface area contributed by atoms with E-state index in [1.807, 2.05) is 36.5 Å². The first-order chi connectivity index (χ1) is 11.5. The molecule has 3 rings (SSSR count). The Morgan fingerprint density at radius 3 is 2.54 bits per heavy atom. The molecule has 5 N–H and O–H groups in total. The molecule has 0 atom stereocenters. The molecule has 0 aliphatic carbocycles. The predicted octanol–water partition coefficient (Wildman–Crippen LogP) is 1.32. The smallest absolute Gasteiger partial charge is 0.252 e. The molecule has 0 fully saturated rings. The van der Waals surface area contributed by atoms with Crippen molar-refractivity contribution in [3.63, 3.8) is 0 Å². The van der Waals surface area contributed by atoms with Gasteiger partial charge in [0.05, 0.1) is 23.0 Å². The van der Waals surface area contributed by atoms with E-state index in [1.165, 1.54) is 13.1 Å². The van der Waals surface area contributed by atoms with Gasteiger partial charge in [0.1, 0.15) is 0 Å². The van der Waals surface area contributed by atoms with E-state index < -0.39 is 5.91 Å². The van der Waals surface area contributed by atoms with Crippen LogP contribution in [0.5, 0.6) is 0 Å². The van der Waals surface area contributed by atoms with Crippen LogP contribution in [0.15, 0.2) is 42.7 Å². The quantitative estimate of drug-likeness (QED) is 0.671. The molecule has 0 saturated carbocycles. The number of fused-ring (bicyclic) bond motifs is 1. The second-order valence-corrected chi connectivity index (χ2v) is 5.50. The van der Waals surface area contributed by atoms with Crippen LogP contribution in [0, 0.1) is 0 Å². The minimum Gasteiger partial charge on any atom is -0.396 e. The Morgan fingerprint density at radius 2 is 1.92 bits per heavy atom. The number of aromatic nitrogens is 2. The average molecular weight is 323 g/mol. The monoisotopic (exact) mass is 323 g/mol. The van der Waals surface area contributed by atoms with E-state index >= 15 is 0 Å². The first-order valence-electron chi connectivity index (χ1n) is 7.36. The molecule has 7 heteroatoms. The summed E-state index contributed by atoms with van der Waals surface area (Å²) < 4.78 is 1.61. The largest absolute Gasteiger partial charge is 0.396 e. The van der Waals surface area contributed by atoms with Gasteiger partial charge in [-0.25, -0.2) is 4.52 Å². The summed E-state index contributed by atoms with van der Waals surface area (Å²) in [5.74, 6) is -0.669. The summed E-state index contributed by atoms with van der Waals surface area (Å²) in [5, 5.41) is 6.92. The van der Waals surface area contributed by atoms with Gasteiger partial charge in [0.15, 0.2) is 0 Å². The summed E-state index contributed by atoms with van der Waals surface area (Å²) in [7, 11) is 0. The van der Waals surface area contributed by atoms with Gasteiger partial charge >= 0.3 is 0 Å². The van der Waals surface area contributed by atoms with E-state index in [4.69, 9.17) is 11.5 Å². The molecule has 1 aromatic carbocycles. The second kappa shape index (κ2) is 6.04. The van der Waals surface area contributed by atoms with Crippen LogP contribution >= 0.6 is 0 Å². The molecule has 0 saturated heterocycles. The topological polar surface area (TPSA) is 116 Å². The van der Waals surface area contributed by atoms with Crippen LogP contribution < -0.4 is 16.8 Å². The Labute approximate surface area is 138 Å². The van der Waals surface area contributed by atoms with Crippen LogP contribution in [0.1, 0.15) is 22.8 Å². The van der Waals surface area contributed by atoms with E-state index in [9.17, 15) is 9.59 Å². The van der Waals surface area contributed by atoms with Crippen molar-refractivity contribution in [2.45, 2.75) is 13.5 Å². The molecule has 2 amide bonds. The molecule has 2 aromatic heterocycles. The fourth-order valence-corrected chi connectivity index (χ4v) is 2.47. The lowest BCUT2D eigenvalue weighted by molar-refractivity contribution is -0.119. The number of nitrogens with zero attached hydrogens (tertiary/aromatic N) is 2. The van der Waals surface area contributed by atoms with Crippen molar-refractivity contribution in [1.82, 2.24) is 14.9 Å². The van der Waals surface area contributed by atoms with Crippen molar-refractivity contribution in [3.05, 3.63) is 53.9 Å². The summed E-state index contributed by atoms with van der Waals surface area (Å²) in [4.78, 5) is 22.3. The molecule has 2 heterocycles. The van der Waals surface area contributed by atoms with Gasteiger partial charge in [0, 0.05) is 25.2 Å². The van der Waals surface area contributed by atoms with Crippen LogP contribution in [0.25, 0.3) is 16.6 Å².